The highest BCUT2D eigenvalue weighted by atomic mass is 32.1. The Morgan fingerprint density at radius 1 is 1.35 bits per heavy atom. The van der Waals surface area contributed by atoms with Gasteiger partial charge in [0.1, 0.15) is 0 Å². The van der Waals surface area contributed by atoms with Crippen molar-refractivity contribution in [3.05, 3.63) is 24.3 Å². The van der Waals surface area contributed by atoms with E-state index in [-0.39, 0.29) is 0 Å². The second-order valence-electron chi connectivity index (χ2n) is 4.44. The predicted molar refractivity (Wildman–Crippen MR) is 81.0 cm³/mol. The van der Waals surface area contributed by atoms with Gasteiger partial charge in [-0.25, -0.2) is 4.98 Å². The Labute approximate surface area is 121 Å². The summed E-state index contributed by atoms with van der Waals surface area (Å²) in [5.74, 6) is -1.06. The molecule has 1 aromatic heterocycles. The number of rotatable bonds is 6. The molecule has 0 aliphatic rings. The average molecular weight is 291 g/mol. The molecule has 2 aromatic rings. The van der Waals surface area contributed by atoms with Gasteiger partial charge in [0, 0.05) is 0 Å². The third-order valence-electron chi connectivity index (χ3n) is 2.98. The molecule has 0 aliphatic carbocycles. The number of benzene rings is 1. The Balaban J connectivity index is 2.08. The molecule has 0 bridgehead atoms. The van der Waals surface area contributed by atoms with Crippen LogP contribution in [0.25, 0.3) is 10.2 Å². The average Bonchev–Trinajstić information content (AvgIpc) is 2.86. The van der Waals surface area contributed by atoms with Gasteiger partial charge in [0.2, 0.25) is 5.78 Å². The van der Waals surface area contributed by atoms with Gasteiger partial charge < -0.3 is 5.32 Å². The number of nitrogens with one attached hydrogen (secondary N) is 2. The number of carbonyl (C=O) groups excluding carboxylic acids is 2. The van der Waals surface area contributed by atoms with E-state index in [0.29, 0.717) is 11.6 Å². The molecule has 20 heavy (non-hydrogen) atoms. The first-order chi connectivity index (χ1) is 9.65. The highest BCUT2D eigenvalue weighted by molar-refractivity contribution is 7.22. The Hall–Kier alpha value is -1.79. The maximum absolute atomic E-state index is 12.0. The van der Waals surface area contributed by atoms with E-state index in [1.807, 2.05) is 31.2 Å². The number of aromatic nitrogens is 1. The van der Waals surface area contributed by atoms with Crippen molar-refractivity contribution in [2.45, 2.75) is 25.8 Å². The molecule has 1 atom stereocenters. The lowest BCUT2D eigenvalue weighted by Gasteiger charge is -2.12. The van der Waals surface area contributed by atoms with E-state index in [4.69, 9.17) is 0 Å². The molecular formula is C14H17N3O2S. The van der Waals surface area contributed by atoms with Crippen LogP contribution in [0.5, 0.6) is 0 Å². The Morgan fingerprint density at radius 2 is 2.10 bits per heavy atom. The van der Waals surface area contributed by atoms with Crippen LogP contribution in [0.2, 0.25) is 0 Å². The van der Waals surface area contributed by atoms with Crippen LogP contribution < -0.4 is 10.6 Å². The van der Waals surface area contributed by atoms with E-state index < -0.39 is 17.7 Å². The number of amides is 1. The molecule has 2 N–H and O–H groups in total. The third-order valence-corrected chi connectivity index (χ3v) is 3.93. The number of para-hydroxylation sites is 1. The van der Waals surface area contributed by atoms with Gasteiger partial charge >= 0.3 is 0 Å². The minimum atomic E-state index is -0.614. The van der Waals surface area contributed by atoms with Crippen molar-refractivity contribution < 1.29 is 9.59 Å². The van der Waals surface area contributed by atoms with E-state index >= 15 is 0 Å². The SMILES string of the molecule is CCCC(NC)C(=O)C(=O)Nc1nc2ccccc2s1. The maximum Gasteiger partial charge on any atom is 0.295 e. The highest BCUT2D eigenvalue weighted by Crippen LogP contribution is 2.25. The largest absolute Gasteiger partial charge is 0.310 e. The van der Waals surface area contributed by atoms with E-state index in [0.717, 1.165) is 16.6 Å². The van der Waals surface area contributed by atoms with Crippen molar-refractivity contribution >= 4 is 38.4 Å². The zero-order chi connectivity index (χ0) is 14.5. The number of fused-ring (bicyclic) bond motifs is 1. The van der Waals surface area contributed by atoms with Crippen LogP contribution in [0, 0.1) is 0 Å². The fraction of sp³-hybridized carbons (Fsp3) is 0.357. The van der Waals surface area contributed by atoms with Crippen molar-refractivity contribution in [2.24, 2.45) is 0 Å². The molecule has 1 unspecified atom stereocenters. The van der Waals surface area contributed by atoms with Gasteiger partial charge in [0.25, 0.3) is 5.91 Å². The summed E-state index contributed by atoms with van der Waals surface area (Å²) >= 11 is 1.36. The van der Waals surface area contributed by atoms with Crippen molar-refractivity contribution in [1.82, 2.24) is 10.3 Å². The monoisotopic (exact) mass is 291 g/mol. The van der Waals surface area contributed by atoms with Gasteiger partial charge in [-0.1, -0.05) is 36.8 Å². The van der Waals surface area contributed by atoms with E-state index in [1.54, 1.807) is 7.05 Å². The Bertz CT molecular complexity index is 591. The molecule has 6 heteroatoms. The summed E-state index contributed by atoms with van der Waals surface area (Å²) in [5.41, 5.74) is 0.818. The number of nitrogens with zero attached hydrogens (tertiary/aromatic N) is 1. The smallest absolute Gasteiger partial charge is 0.295 e. The van der Waals surface area contributed by atoms with Gasteiger partial charge in [0.15, 0.2) is 5.13 Å². The summed E-state index contributed by atoms with van der Waals surface area (Å²) < 4.78 is 0.981. The summed E-state index contributed by atoms with van der Waals surface area (Å²) in [7, 11) is 1.68. The first kappa shape index (κ1) is 14.6. The molecule has 2 rings (SSSR count). The van der Waals surface area contributed by atoms with E-state index in [1.165, 1.54) is 11.3 Å². The van der Waals surface area contributed by atoms with Crippen LogP contribution in [0.4, 0.5) is 5.13 Å². The van der Waals surface area contributed by atoms with Crippen molar-refractivity contribution in [3.8, 4) is 0 Å². The molecule has 1 aromatic carbocycles. The third kappa shape index (κ3) is 3.20. The number of anilines is 1. The summed E-state index contributed by atoms with van der Waals surface area (Å²) in [6.45, 7) is 1.98. The lowest BCUT2D eigenvalue weighted by atomic mass is 10.1. The normalized spacial score (nSPS) is 12.3. The molecule has 0 fully saturated rings. The molecule has 106 valence electrons. The standard InChI is InChI=1S/C14H17N3O2S/c1-3-6-10(15-2)12(18)13(19)17-14-16-9-7-4-5-8-11(9)20-14/h4-5,7-8,10,15H,3,6H2,1-2H3,(H,16,17,19). The zero-order valence-corrected chi connectivity index (χ0v) is 12.3. The minimum Gasteiger partial charge on any atom is -0.310 e. The van der Waals surface area contributed by atoms with Crippen LogP contribution >= 0.6 is 11.3 Å². The van der Waals surface area contributed by atoms with E-state index in [2.05, 4.69) is 15.6 Å². The maximum atomic E-state index is 12.0. The zero-order valence-electron chi connectivity index (χ0n) is 11.5. The molecule has 5 nitrogen and oxygen atoms in total. The topological polar surface area (TPSA) is 71.1 Å². The van der Waals surface area contributed by atoms with Gasteiger partial charge in [-0.05, 0) is 25.6 Å². The number of hydrogen-bond acceptors (Lipinski definition) is 5. The number of Topliss-reactive ketones (excluding diaryl/α,β-unsaturated/α-hetero) is 1. The van der Waals surface area contributed by atoms with Crippen molar-refractivity contribution in [1.29, 1.82) is 0 Å². The van der Waals surface area contributed by atoms with Crippen LogP contribution in [0.3, 0.4) is 0 Å². The van der Waals surface area contributed by atoms with Gasteiger partial charge in [-0.2, -0.15) is 0 Å². The summed E-state index contributed by atoms with van der Waals surface area (Å²) in [4.78, 5) is 28.2. The molecule has 1 heterocycles. The number of ketones is 1. The molecule has 1 amide bonds. The second kappa shape index (κ2) is 6.58. The van der Waals surface area contributed by atoms with Crippen LogP contribution in [0.1, 0.15) is 19.8 Å². The number of carbonyl (C=O) groups is 2. The lowest BCUT2D eigenvalue weighted by molar-refractivity contribution is -0.136. The first-order valence-corrected chi connectivity index (χ1v) is 7.35. The highest BCUT2D eigenvalue weighted by Gasteiger charge is 2.23. The molecule has 0 saturated carbocycles. The summed E-state index contributed by atoms with van der Waals surface area (Å²) in [5, 5.41) is 5.91. The number of thiazole rings is 1. The van der Waals surface area contributed by atoms with Crippen LogP contribution in [-0.2, 0) is 9.59 Å². The molecular weight excluding hydrogens is 274 g/mol. The molecule has 0 aliphatic heterocycles. The Morgan fingerprint density at radius 3 is 2.75 bits per heavy atom. The quantitative estimate of drug-likeness (QED) is 0.800. The second-order valence-corrected chi connectivity index (χ2v) is 5.47. The number of likely N-dealkylation sites (N-methyl/N-ethyl adjacent to an activating group) is 1. The summed E-state index contributed by atoms with van der Waals surface area (Å²) in [6, 6.07) is 7.16. The van der Waals surface area contributed by atoms with Crippen LogP contribution in [-0.4, -0.2) is 29.8 Å². The van der Waals surface area contributed by atoms with Gasteiger partial charge in [-0.15, -0.1) is 0 Å². The molecule has 0 spiro atoms. The fourth-order valence-corrected chi connectivity index (χ4v) is 2.80. The molecule has 0 saturated heterocycles. The van der Waals surface area contributed by atoms with Gasteiger partial charge in [0.05, 0.1) is 16.3 Å². The van der Waals surface area contributed by atoms with Crippen molar-refractivity contribution in [2.75, 3.05) is 12.4 Å². The first-order valence-electron chi connectivity index (χ1n) is 6.53. The predicted octanol–water partition coefficient (Wildman–Crippen LogP) is 2.19. The van der Waals surface area contributed by atoms with Crippen LogP contribution in [0.15, 0.2) is 24.3 Å². The fourth-order valence-electron chi connectivity index (χ4n) is 1.94. The van der Waals surface area contributed by atoms with Crippen molar-refractivity contribution in [3.63, 3.8) is 0 Å². The lowest BCUT2D eigenvalue weighted by Crippen LogP contribution is -2.41. The van der Waals surface area contributed by atoms with E-state index in [9.17, 15) is 9.59 Å². The Kier molecular flexibility index (Phi) is 4.81. The molecule has 0 radical (unpaired) electrons. The van der Waals surface area contributed by atoms with Gasteiger partial charge in [-0.3, -0.25) is 14.9 Å². The summed E-state index contributed by atoms with van der Waals surface area (Å²) in [6.07, 6.45) is 1.48. The minimum absolute atomic E-state index is 0.436. The number of hydrogen-bond donors (Lipinski definition) is 2.